The lowest BCUT2D eigenvalue weighted by molar-refractivity contribution is -0.132. The van der Waals surface area contributed by atoms with Gasteiger partial charge in [-0.2, -0.15) is 4.98 Å². The lowest BCUT2D eigenvalue weighted by Crippen LogP contribution is -2.41. The van der Waals surface area contributed by atoms with Crippen molar-refractivity contribution in [2.75, 3.05) is 20.2 Å². The van der Waals surface area contributed by atoms with Gasteiger partial charge in [0.2, 0.25) is 17.7 Å². The highest BCUT2D eigenvalue weighted by Gasteiger charge is 2.26. The molecule has 1 aromatic heterocycles. The summed E-state index contributed by atoms with van der Waals surface area (Å²) in [5.74, 6) is 0.590. The van der Waals surface area contributed by atoms with Crippen LogP contribution in [0.1, 0.15) is 30.2 Å². The number of methoxy groups -OCH3 is 1. The van der Waals surface area contributed by atoms with Crippen LogP contribution in [0, 0.1) is 6.92 Å². The third-order valence-electron chi connectivity index (χ3n) is 3.76. The molecule has 0 spiro atoms. The van der Waals surface area contributed by atoms with Crippen molar-refractivity contribution >= 4 is 11.8 Å². The molecule has 1 atom stereocenters. The molecular weight excluding hydrogens is 336 g/mol. The zero-order valence-electron chi connectivity index (χ0n) is 15.1. The monoisotopic (exact) mass is 358 g/mol. The second kappa shape index (κ2) is 8.80. The molecule has 2 amide bonds. The number of carbonyl (C=O) groups excluding carboxylic acids is 2. The number of likely N-dealkylation sites (N-methyl/N-ethyl adjacent to an activating group) is 1. The summed E-state index contributed by atoms with van der Waals surface area (Å²) in [4.78, 5) is 29.9. The summed E-state index contributed by atoms with van der Waals surface area (Å²) in [5.41, 5.74) is 0.683. The van der Waals surface area contributed by atoms with Crippen molar-refractivity contribution < 1.29 is 18.8 Å². The Hall–Kier alpha value is -3.16. The van der Waals surface area contributed by atoms with Gasteiger partial charge >= 0.3 is 0 Å². The highest BCUT2D eigenvalue weighted by atomic mass is 16.5. The van der Waals surface area contributed by atoms with E-state index in [-0.39, 0.29) is 18.4 Å². The van der Waals surface area contributed by atoms with Crippen molar-refractivity contribution in [1.82, 2.24) is 20.4 Å². The first-order valence-corrected chi connectivity index (χ1v) is 8.14. The summed E-state index contributed by atoms with van der Waals surface area (Å²) in [5, 5.41) is 6.77. The Morgan fingerprint density at radius 1 is 1.42 bits per heavy atom. The van der Waals surface area contributed by atoms with E-state index in [1.807, 2.05) is 18.2 Å². The van der Waals surface area contributed by atoms with Crippen molar-refractivity contribution in [3.8, 4) is 5.75 Å². The largest absolute Gasteiger partial charge is 0.496 e. The number of rotatable bonds is 8. The number of benzene rings is 1. The van der Waals surface area contributed by atoms with Gasteiger partial charge in [-0.05, 0) is 19.1 Å². The molecule has 0 aliphatic carbocycles. The highest BCUT2D eigenvalue weighted by Crippen LogP contribution is 2.28. The van der Waals surface area contributed by atoms with E-state index in [2.05, 4.69) is 22.0 Å². The smallest absolute Gasteiger partial charge is 0.246 e. The van der Waals surface area contributed by atoms with Crippen LogP contribution in [0.4, 0.5) is 0 Å². The van der Waals surface area contributed by atoms with Gasteiger partial charge in [-0.25, -0.2) is 0 Å². The summed E-state index contributed by atoms with van der Waals surface area (Å²) in [6.07, 6.45) is 1.18. The molecule has 0 aliphatic heterocycles. The van der Waals surface area contributed by atoms with Gasteiger partial charge in [0.05, 0.1) is 13.7 Å². The summed E-state index contributed by atoms with van der Waals surface area (Å²) in [6.45, 7) is 7.18. The molecule has 1 aromatic carbocycles. The number of carbonyl (C=O) groups is 2. The van der Waals surface area contributed by atoms with Gasteiger partial charge in [-0.3, -0.25) is 9.59 Å². The van der Waals surface area contributed by atoms with Crippen molar-refractivity contribution in [2.24, 2.45) is 0 Å². The lowest BCUT2D eigenvalue weighted by Gasteiger charge is -2.22. The van der Waals surface area contributed by atoms with Gasteiger partial charge in [0.25, 0.3) is 0 Å². The number of nitrogens with zero attached hydrogens (tertiary/aromatic N) is 3. The molecule has 1 unspecified atom stereocenters. The zero-order chi connectivity index (χ0) is 19.1. The predicted molar refractivity (Wildman–Crippen MR) is 94.5 cm³/mol. The van der Waals surface area contributed by atoms with Crippen LogP contribution >= 0.6 is 0 Å². The maximum Gasteiger partial charge on any atom is 0.246 e. The third-order valence-corrected chi connectivity index (χ3v) is 3.76. The minimum Gasteiger partial charge on any atom is -0.496 e. The van der Waals surface area contributed by atoms with E-state index < -0.39 is 6.04 Å². The minimum atomic E-state index is -0.673. The van der Waals surface area contributed by atoms with Crippen LogP contribution in [0.2, 0.25) is 0 Å². The first-order chi connectivity index (χ1) is 12.5. The molecule has 26 heavy (non-hydrogen) atoms. The highest BCUT2D eigenvalue weighted by molar-refractivity contribution is 5.91. The van der Waals surface area contributed by atoms with Crippen LogP contribution in [0.25, 0.3) is 0 Å². The zero-order valence-corrected chi connectivity index (χ0v) is 15.1. The second-order valence-electron chi connectivity index (χ2n) is 5.47. The predicted octanol–water partition coefficient (Wildman–Crippen LogP) is 1.63. The first-order valence-electron chi connectivity index (χ1n) is 8.14. The Morgan fingerprint density at radius 3 is 2.73 bits per heavy atom. The lowest BCUT2D eigenvalue weighted by atomic mass is 10.0. The van der Waals surface area contributed by atoms with Gasteiger partial charge in [-0.15, -0.1) is 0 Å². The third kappa shape index (κ3) is 4.47. The van der Waals surface area contributed by atoms with E-state index >= 15 is 0 Å². The van der Waals surface area contributed by atoms with Gasteiger partial charge < -0.3 is 19.5 Å². The number of aryl methyl sites for hydroxylation is 1. The summed E-state index contributed by atoms with van der Waals surface area (Å²) < 4.78 is 10.4. The first kappa shape index (κ1) is 19.2. The van der Waals surface area contributed by atoms with Crippen LogP contribution < -0.4 is 10.1 Å². The molecule has 1 N–H and O–H groups in total. The Morgan fingerprint density at radius 2 is 2.15 bits per heavy atom. The fourth-order valence-electron chi connectivity index (χ4n) is 2.47. The molecule has 0 bridgehead atoms. The summed E-state index contributed by atoms with van der Waals surface area (Å²) >= 11 is 0. The molecular formula is C18H22N4O4. The number of hydrogen-bond acceptors (Lipinski definition) is 6. The fraction of sp³-hybridized carbons (Fsp3) is 0.333. The second-order valence-corrected chi connectivity index (χ2v) is 5.47. The van der Waals surface area contributed by atoms with Gasteiger partial charge in [0, 0.05) is 19.0 Å². The van der Waals surface area contributed by atoms with Crippen LogP contribution in [-0.4, -0.2) is 47.1 Å². The summed E-state index contributed by atoms with van der Waals surface area (Å²) in [6, 6.07) is 6.56. The Bertz CT molecular complexity index is 787. The van der Waals surface area contributed by atoms with Crippen molar-refractivity contribution in [3.05, 3.63) is 54.2 Å². The number of hydrogen-bond donors (Lipinski definition) is 1. The molecule has 0 fully saturated rings. The average molecular weight is 358 g/mol. The molecule has 8 heteroatoms. The molecule has 2 aromatic rings. The van der Waals surface area contributed by atoms with Crippen LogP contribution in [-0.2, 0) is 9.59 Å². The number of aromatic nitrogens is 2. The normalized spacial score (nSPS) is 11.5. The minimum absolute atomic E-state index is 0.107. The Labute approximate surface area is 151 Å². The molecule has 0 radical (unpaired) electrons. The maximum atomic E-state index is 12.5. The standard InChI is InChI=1S/C18H22N4O4/c1-5-16(24)22(6-2)11-15(23)20-17(18-19-12(3)26-21-18)13-9-7-8-10-14(13)25-4/h5,7-10,17H,1,6,11H2,2-4H3,(H,20,23). The molecule has 138 valence electrons. The van der Waals surface area contributed by atoms with Crippen LogP contribution in [0.5, 0.6) is 5.75 Å². The maximum absolute atomic E-state index is 12.5. The topological polar surface area (TPSA) is 97.6 Å². The molecule has 0 saturated carbocycles. The van der Waals surface area contributed by atoms with Crippen molar-refractivity contribution in [1.29, 1.82) is 0 Å². The van der Waals surface area contributed by atoms with Crippen molar-refractivity contribution in [2.45, 2.75) is 19.9 Å². The molecule has 8 nitrogen and oxygen atoms in total. The Balaban J connectivity index is 2.29. The van der Waals surface area contributed by atoms with E-state index in [0.717, 1.165) is 0 Å². The average Bonchev–Trinajstić information content (AvgIpc) is 3.09. The van der Waals surface area contributed by atoms with Crippen LogP contribution in [0.15, 0.2) is 41.4 Å². The Kier molecular flexibility index (Phi) is 6.48. The SMILES string of the molecule is C=CC(=O)N(CC)CC(=O)NC(c1noc(C)n1)c1ccccc1OC. The van der Waals surface area contributed by atoms with Gasteiger partial charge in [0.15, 0.2) is 5.82 Å². The van der Waals surface area contributed by atoms with E-state index in [4.69, 9.17) is 9.26 Å². The van der Waals surface area contributed by atoms with E-state index in [0.29, 0.717) is 29.6 Å². The van der Waals surface area contributed by atoms with Crippen molar-refractivity contribution in [3.63, 3.8) is 0 Å². The molecule has 0 saturated heterocycles. The van der Waals surface area contributed by atoms with E-state index in [1.54, 1.807) is 27.0 Å². The number of para-hydroxylation sites is 1. The number of nitrogens with one attached hydrogen (secondary N) is 1. The number of ether oxygens (including phenoxy) is 1. The summed E-state index contributed by atoms with van der Waals surface area (Å²) in [7, 11) is 1.54. The van der Waals surface area contributed by atoms with E-state index in [9.17, 15) is 9.59 Å². The molecule has 2 rings (SSSR count). The van der Waals surface area contributed by atoms with Gasteiger partial charge in [-0.1, -0.05) is 29.9 Å². The number of amides is 2. The van der Waals surface area contributed by atoms with E-state index in [1.165, 1.54) is 11.0 Å². The quantitative estimate of drug-likeness (QED) is 0.720. The fourth-order valence-corrected chi connectivity index (χ4v) is 2.47. The molecule has 1 heterocycles. The molecule has 0 aliphatic rings. The van der Waals surface area contributed by atoms with Gasteiger partial charge in [0.1, 0.15) is 11.8 Å². The van der Waals surface area contributed by atoms with Crippen LogP contribution in [0.3, 0.4) is 0 Å².